The fourth-order valence-corrected chi connectivity index (χ4v) is 3.40. The van der Waals surface area contributed by atoms with Gasteiger partial charge in [0.1, 0.15) is 0 Å². The number of carbonyl (C=O) groups excluding carboxylic acids is 2. The Morgan fingerprint density at radius 1 is 1.17 bits per heavy atom. The fraction of sp³-hybridized carbons (Fsp3) is 0.312. The van der Waals surface area contributed by atoms with Gasteiger partial charge in [0, 0.05) is 13.1 Å². The molecule has 2 rings (SSSR count). The molecule has 0 N–H and O–H groups in total. The van der Waals surface area contributed by atoms with Gasteiger partial charge in [-0.3, -0.25) is 9.59 Å². The third-order valence-electron chi connectivity index (χ3n) is 3.56. The Bertz CT molecular complexity index is 749. The predicted octanol–water partition coefficient (Wildman–Crippen LogP) is 0.666. The third-order valence-corrected chi connectivity index (χ3v) is 5.17. The van der Waals surface area contributed by atoms with Crippen molar-refractivity contribution in [3.8, 4) is 6.07 Å². The molecule has 0 unspecified atom stereocenters. The van der Waals surface area contributed by atoms with Crippen LogP contribution in [0.3, 0.4) is 0 Å². The molecule has 6 nitrogen and oxygen atoms in total. The lowest BCUT2D eigenvalue weighted by atomic mass is 10.0. The van der Waals surface area contributed by atoms with E-state index in [-0.39, 0.29) is 24.6 Å². The molecule has 1 amide bonds. The first kappa shape index (κ1) is 16.9. The van der Waals surface area contributed by atoms with Gasteiger partial charge in [-0.25, -0.2) is 8.42 Å². The van der Waals surface area contributed by atoms with Crippen LogP contribution in [-0.4, -0.2) is 49.6 Å². The van der Waals surface area contributed by atoms with Gasteiger partial charge in [-0.05, 0) is 11.6 Å². The van der Waals surface area contributed by atoms with Crippen LogP contribution in [0.1, 0.15) is 5.56 Å². The van der Waals surface area contributed by atoms with E-state index < -0.39 is 27.4 Å². The van der Waals surface area contributed by atoms with E-state index in [0.29, 0.717) is 0 Å². The summed E-state index contributed by atoms with van der Waals surface area (Å²) in [7, 11) is -3.12. The van der Waals surface area contributed by atoms with Gasteiger partial charge in [-0.2, -0.15) is 5.26 Å². The van der Waals surface area contributed by atoms with E-state index >= 15 is 0 Å². The Morgan fingerprint density at radius 3 is 2.35 bits per heavy atom. The maximum atomic E-state index is 12.2. The van der Waals surface area contributed by atoms with E-state index in [4.69, 9.17) is 5.26 Å². The summed E-state index contributed by atoms with van der Waals surface area (Å²) < 4.78 is 22.7. The van der Waals surface area contributed by atoms with Crippen molar-refractivity contribution in [2.75, 3.05) is 24.6 Å². The van der Waals surface area contributed by atoms with Gasteiger partial charge in [-0.15, -0.1) is 0 Å². The highest BCUT2D eigenvalue weighted by molar-refractivity contribution is 7.91. The molecule has 0 aliphatic carbocycles. The molecule has 1 aromatic rings. The quantitative estimate of drug-likeness (QED) is 0.596. The summed E-state index contributed by atoms with van der Waals surface area (Å²) in [5, 5.41) is 9.13. The SMILES string of the molecule is N#C[C@@H](C(=O)/C=C/c1ccccc1)C(=O)N1CCS(=O)(=O)CC1. The summed E-state index contributed by atoms with van der Waals surface area (Å²) in [5.41, 5.74) is 0.786. The van der Waals surface area contributed by atoms with E-state index in [1.807, 2.05) is 18.2 Å². The van der Waals surface area contributed by atoms with E-state index in [1.54, 1.807) is 24.3 Å². The van der Waals surface area contributed by atoms with Gasteiger partial charge in [-0.1, -0.05) is 36.4 Å². The standard InChI is InChI=1S/C16H16N2O4S/c17-12-14(15(19)7-6-13-4-2-1-3-5-13)16(20)18-8-10-23(21,22)11-9-18/h1-7,14H,8-11H2/b7-6+/t14-/m0/s1. The molecule has 1 aliphatic rings. The van der Waals surface area contributed by atoms with Gasteiger partial charge < -0.3 is 4.90 Å². The van der Waals surface area contributed by atoms with Crippen LogP contribution in [0.25, 0.3) is 6.08 Å². The van der Waals surface area contributed by atoms with Crippen molar-refractivity contribution in [2.45, 2.75) is 0 Å². The number of sulfone groups is 1. The molecule has 120 valence electrons. The normalized spacial score (nSPS) is 18.3. The lowest BCUT2D eigenvalue weighted by Gasteiger charge is -2.27. The monoisotopic (exact) mass is 332 g/mol. The highest BCUT2D eigenvalue weighted by Crippen LogP contribution is 2.11. The molecule has 0 saturated carbocycles. The molecule has 7 heteroatoms. The van der Waals surface area contributed by atoms with Gasteiger partial charge >= 0.3 is 0 Å². The minimum atomic E-state index is -3.12. The zero-order chi connectivity index (χ0) is 16.9. The molecule has 1 heterocycles. The summed E-state index contributed by atoms with van der Waals surface area (Å²) in [6, 6.07) is 10.8. The van der Waals surface area contributed by atoms with Crippen molar-refractivity contribution in [1.82, 2.24) is 4.90 Å². The zero-order valence-electron chi connectivity index (χ0n) is 12.4. The lowest BCUT2D eigenvalue weighted by Crippen LogP contribution is -2.47. The summed E-state index contributed by atoms with van der Waals surface area (Å²) in [4.78, 5) is 25.6. The second kappa shape index (κ2) is 7.20. The first-order chi connectivity index (χ1) is 10.9. The van der Waals surface area contributed by atoms with Crippen LogP contribution in [0.2, 0.25) is 0 Å². The minimum Gasteiger partial charge on any atom is -0.339 e. The highest BCUT2D eigenvalue weighted by atomic mass is 32.2. The molecule has 0 bridgehead atoms. The van der Waals surface area contributed by atoms with Crippen molar-refractivity contribution >= 4 is 27.6 Å². The van der Waals surface area contributed by atoms with Crippen LogP contribution in [-0.2, 0) is 19.4 Å². The maximum absolute atomic E-state index is 12.2. The minimum absolute atomic E-state index is 0.0228. The summed E-state index contributed by atoms with van der Waals surface area (Å²) in [5.74, 6) is -2.94. The molecule has 1 aliphatic heterocycles. The summed E-state index contributed by atoms with van der Waals surface area (Å²) in [6.07, 6.45) is 2.75. The smallest absolute Gasteiger partial charge is 0.247 e. The van der Waals surface area contributed by atoms with Crippen molar-refractivity contribution in [3.05, 3.63) is 42.0 Å². The molecule has 0 radical (unpaired) electrons. The molecule has 1 aromatic carbocycles. The average Bonchev–Trinajstić information content (AvgIpc) is 2.54. The zero-order valence-corrected chi connectivity index (χ0v) is 13.2. The van der Waals surface area contributed by atoms with Gasteiger partial charge in [0.15, 0.2) is 21.5 Å². The van der Waals surface area contributed by atoms with Crippen molar-refractivity contribution in [3.63, 3.8) is 0 Å². The van der Waals surface area contributed by atoms with Crippen LogP contribution in [0.5, 0.6) is 0 Å². The first-order valence-electron chi connectivity index (χ1n) is 7.09. The van der Waals surface area contributed by atoms with Gasteiger partial charge in [0.2, 0.25) is 5.91 Å². The number of hydrogen-bond acceptors (Lipinski definition) is 5. The summed E-state index contributed by atoms with van der Waals surface area (Å²) in [6.45, 7) is 0.0457. The maximum Gasteiger partial charge on any atom is 0.247 e. The average molecular weight is 332 g/mol. The molecule has 1 fully saturated rings. The van der Waals surface area contributed by atoms with E-state index in [0.717, 1.165) is 5.56 Å². The Balaban J connectivity index is 2.04. The molecule has 1 saturated heterocycles. The molecule has 23 heavy (non-hydrogen) atoms. The van der Waals surface area contributed by atoms with Crippen molar-refractivity contribution in [2.24, 2.45) is 5.92 Å². The van der Waals surface area contributed by atoms with Gasteiger partial charge in [0.25, 0.3) is 0 Å². The topological polar surface area (TPSA) is 95.3 Å². The number of ketones is 1. The van der Waals surface area contributed by atoms with Crippen molar-refractivity contribution < 1.29 is 18.0 Å². The number of allylic oxidation sites excluding steroid dienone is 1. The molecular weight excluding hydrogens is 316 g/mol. The molecular formula is C16H16N2O4S. The lowest BCUT2D eigenvalue weighted by molar-refractivity contribution is -0.137. The number of nitrogens with zero attached hydrogens (tertiary/aromatic N) is 2. The Morgan fingerprint density at radius 2 is 1.78 bits per heavy atom. The van der Waals surface area contributed by atoms with Crippen molar-refractivity contribution in [1.29, 1.82) is 5.26 Å². The Kier molecular flexibility index (Phi) is 5.29. The van der Waals surface area contributed by atoms with Crippen LogP contribution in [0.4, 0.5) is 0 Å². The number of nitriles is 1. The number of rotatable bonds is 4. The van der Waals surface area contributed by atoms with Crippen LogP contribution in [0, 0.1) is 17.2 Å². The first-order valence-corrected chi connectivity index (χ1v) is 8.91. The Hall–Kier alpha value is -2.46. The third kappa shape index (κ3) is 4.50. The number of amides is 1. The predicted molar refractivity (Wildman–Crippen MR) is 84.8 cm³/mol. The highest BCUT2D eigenvalue weighted by Gasteiger charge is 2.32. The molecule has 0 aromatic heterocycles. The van der Waals surface area contributed by atoms with E-state index in [2.05, 4.69) is 0 Å². The second-order valence-corrected chi connectivity index (χ2v) is 7.49. The fourth-order valence-electron chi connectivity index (χ4n) is 2.19. The van der Waals surface area contributed by atoms with Gasteiger partial charge in [0.05, 0.1) is 17.6 Å². The largest absolute Gasteiger partial charge is 0.339 e. The Labute approximate surface area is 134 Å². The van der Waals surface area contributed by atoms with Crippen LogP contribution < -0.4 is 0 Å². The number of benzene rings is 1. The second-order valence-electron chi connectivity index (χ2n) is 5.19. The summed E-state index contributed by atoms with van der Waals surface area (Å²) >= 11 is 0. The van der Waals surface area contributed by atoms with Crippen LogP contribution in [0.15, 0.2) is 36.4 Å². The number of hydrogen-bond donors (Lipinski definition) is 0. The molecule has 1 atom stereocenters. The van der Waals surface area contributed by atoms with E-state index in [1.165, 1.54) is 11.0 Å². The van der Waals surface area contributed by atoms with E-state index in [9.17, 15) is 18.0 Å². The molecule has 0 spiro atoms. The number of carbonyl (C=O) groups is 2. The van der Waals surface area contributed by atoms with Crippen LogP contribution >= 0.6 is 0 Å².